The molecule has 0 saturated carbocycles. The fourth-order valence-electron chi connectivity index (χ4n) is 1.75. The number of rotatable bonds is 5. The summed E-state index contributed by atoms with van der Waals surface area (Å²) in [5.74, 6) is 2.82. The molecule has 0 spiro atoms. The zero-order valence-electron chi connectivity index (χ0n) is 12.5. The van der Waals surface area contributed by atoms with Gasteiger partial charge >= 0.3 is 0 Å². The SMILES string of the molecule is CCNc1cc(N(CC)CC)nc(C(C)(C)C)n1. The summed E-state index contributed by atoms with van der Waals surface area (Å²) < 4.78 is 0. The van der Waals surface area contributed by atoms with Gasteiger partial charge in [0.2, 0.25) is 0 Å². The molecule has 0 bridgehead atoms. The summed E-state index contributed by atoms with van der Waals surface area (Å²) in [6, 6.07) is 2.03. The van der Waals surface area contributed by atoms with Crippen LogP contribution in [0.25, 0.3) is 0 Å². The van der Waals surface area contributed by atoms with Gasteiger partial charge in [0, 0.05) is 31.1 Å². The molecule has 1 rings (SSSR count). The molecule has 1 aromatic rings. The molecular formula is C14H26N4. The van der Waals surface area contributed by atoms with E-state index in [1.54, 1.807) is 0 Å². The molecule has 4 nitrogen and oxygen atoms in total. The van der Waals surface area contributed by atoms with E-state index in [0.29, 0.717) is 0 Å². The van der Waals surface area contributed by atoms with Gasteiger partial charge in [0.25, 0.3) is 0 Å². The molecule has 4 heteroatoms. The Morgan fingerprint density at radius 1 is 1.11 bits per heavy atom. The number of hydrogen-bond donors (Lipinski definition) is 1. The molecule has 0 aliphatic carbocycles. The molecule has 1 heterocycles. The zero-order valence-corrected chi connectivity index (χ0v) is 12.5. The third kappa shape index (κ3) is 3.59. The van der Waals surface area contributed by atoms with E-state index in [2.05, 4.69) is 56.7 Å². The van der Waals surface area contributed by atoms with Crippen molar-refractivity contribution in [1.29, 1.82) is 0 Å². The number of anilines is 2. The first-order valence-corrected chi connectivity index (χ1v) is 6.80. The lowest BCUT2D eigenvalue weighted by Gasteiger charge is -2.24. The van der Waals surface area contributed by atoms with E-state index < -0.39 is 0 Å². The van der Waals surface area contributed by atoms with Crippen molar-refractivity contribution in [2.45, 2.75) is 47.0 Å². The molecule has 0 amide bonds. The molecular weight excluding hydrogens is 224 g/mol. The molecule has 0 aliphatic rings. The first-order chi connectivity index (χ1) is 8.42. The largest absolute Gasteiger partial charge is 0.370 e. The maximum atomic E-state index is 4.70. The van der Waals surface area contributed by atoms with Crippen molar-refractivity contribution in [3.63, 3.8) is 0 Å². The van der Waals surface area contributed by atoms with Crippen LogP contribution in [0.1, 0.15) is 47.4 Å². The predicted molar refractivity (Wildman–Crippen MR) is 78.5 cm³/mol. The zero-order chi connectivity index (χ0) is 13.8. The summed E-state index contributed by atoms with van der Waals surface area (Å²) in [6.07, 6.45) is 0. The van der Waals surface area contributed by atoms with Crippen LogP contribution < -0.4 is 10.2 Å². The molecule has 0 atom stereocenters. The van der Waals surface area contributed by atoms with E-state index in [4.69, 9.17) is 4.98 Å². The molecule has 0 radical (unpaired) electrons. The Balaban J connectivity index is 3.21. The molecule has 0 aromatic carbocycles. The normalized spacial score (nSPS) is 11.4. The highest BCUT2D eigenvalue weighted by Gasteiger charge is 2.20. The smallest absolute Gasteiger partial charge is 0.138 e. The second kappa shape index (κ2) is 6.03. The monoisotopic (exact) mass is 250 g/mol. The maximum Gasteiger partial charge on any atom is 0.138 e. The van der Waals surface area contributed by atoms with Crippen LogP contribution in [-0.4, -0.2) is 29.6 Å². The maximum absolute atomic E-state index is 4.70. The van der Waals surface area contributed by atoms with Crippen molar-refractivity contribution >= 4 is 11.6 Å². The third-order valence-corrected chi connectivity index (χ3v) is 2.83. The third-order valence-electron chi connectivity index (χ3n) is 2.83. The summed E-state index contributed by atoms with van der Waals surface area (Å²) in [7, 11) is 0. The fraction of sp³-hybridized carbons (Fsp3) is 0.714. The molecule has 0 fully saturated rings. The molecule has 18 heavy (non-hydrogen) atoms. The lowest BCUT2D eigenvalue weighted by atomic mass is 9.96. The van der Waals surface area contributed by atoms with E-state index in [1.165, 1.54) is 0 Å². The van der Waals surface area contributed by atoms with Gasteiger partial charge in [-0.2, -0.15) is 0 Å². The summed E-state index contributed by atoms with van der Waals surface area (Å²) in [5, 5.41) is 3.29. The highest BCUT2D eigenvalue weighted by atomic mass is 15.2. The van der Waals surface area contributed by atoms with Crippen molar-refractivity contribution in [2.75, 3.05) is 29.9 Å². The molecule has 102 valence electrons. The Labute approximate surface area is 111 Å². The van der Waals surface area contributed by atoms with E-state index >= 15 is 0 Å². The minimum Gasteiger partial charge on any atom is -0.370 e. The molecule has 0 unspecified atom stereocenters. The van der Waals surface area contributed by atoms with Crippen LogP contribution in [0.2, 0.25) is 0 Å². The summed E-state index contributed by atoms with van der Waals surface area (Å²) in [5.41, 5.74) is -0.0344. The number of aromatic nitrogens is 2. The first kappa shape index (κ1) is 14.7. The lowest BCUT2D eigenvalue weighted by molar-refractivity contribution is 0.545. The van der Waals surface area contributed by atoms with Gasteiger partial charge in [0.05, 0.1) is 0 Å². The van der Waals surface area contributed by atoms with Gasteiger partial charge in [-0.05, 0) is 20.8 Å². The van der Waals surface area contributed by atoms with Crippen LogP contribution >= 0.6 is 0 Å². The van der Waals surface area contributed by atoms with Crippen molar-refractivity contribution in [1.82, 2.24) is 9.97 Å². The van der Waals surface area contributed by atoms with Gasteiger partial charge in [-0.25, -0.2) is 9.97 Å². The molecule has 1 aromatic heterocycles. The van der Waals surface area contributed by atoms with Gasteiger partial charge in [-0.15, -0.1) is 0 Å². The van der Waals surface area contributed by atoms with Crippen molar-refractivity contribution in [3.05, 3.63) is 11.9 Å². The van der Waals surface area contributed by atoms with Gasteiger partial charge in [-0.1, -0.05) is 20.8 Å². The standard InChI is InChI=1S/C14H26N4/c1-7-15-11-10-12(18(8-2)9-3)17-13(16-11)14(4,5)6/h10H,7-9H2,1-6H3,(H,15,16,17). The van der Waals surface area contributed by atoms with Crippen molar-refractivity contribution < 1.29 is 0 Å². The highest BCUT2D eigenvalue weighted by molar-refractivity contribution is 5.49. The van der Waals surface area contributed by atoms with Gasteiger partial charge < -0.3 is 10.2 Å². The van der Waals surface area contributed by atoms with Crippen LogP contribution in [-0.2, 0) is 5.41 Å². The second-order valence-electron chi connectivity index (χ2n) is 5.39. The fourth-order valence-corrected chi connectivity index (χ4v) is 1.75. The van der Waals surface area contributed by atoms with Gasteiger partial charge in [0.15, 0.2) is 0 Å². The van der Waals surface area contributed by atoms with E-state index in [-0.39, 0.29) is 5.41 Å². The van der Waals surface area contributed by atoms with E-state index in [9.17, 15) is 0 Å². The number of nitrogens with zero attached hydrogens (tertiary/aromatic N) is 3. The lowest BCUT2D eigenvalue weighted by Crippen LogP contribution is -2.26. The quantitative estimate of drug-likeness (QED) is 0.872. The van der Waals surface area contributed by atoms with Crippen LogP contribution in [0.5, 0.6) is 0 Å². The van der Waals surface area contributed by atoms with Crippen LogP contribution in [0.4, 0.5) is 11.6 Å². The van der Waals surface area contributed by atoms with Crippen LogP contribution in [0, 0.1) is 0 Å². The summed E-state index contributed by atoms with van der Waals surface area (Å²) in [6.45, 7) is 15.6. The Morgan fingerprint density at radius 2 is 1.72 bits per heavy atom. The van der Waals surface area contributed by atoms with E-state index in [1.807, 2.05) is 6.07 Å². The van der Waals surface area contributed by atoms with Crippen molar-refractivity contribution in [3.8, 4) is 0 Å². The molecule has 0 aliphatic heterocycles. The van der Waals surface area contributed by atoms with Crippen LogP contribution in [0.3, 0.4) is 0 Å². The Kier molecular flexibility index (Phi) is 4.93. The first-order valence-electron chi connectivity index (χ1n) is 6.80. The van der Waals surface area contributed by atoms with Gasteiger partial charge in [-0.3, -0.25) is 0 Å². The van der Waals surface area contributed by atoms with E-state index in [0.717, 1.165) is 37.1 Å². The molecule has 0 saturated heterocycles. The van der Waals surface area contributed by atoms with Crippen LogP contribution in [0.15, 0.2) is 6.07 Å². The highest BCUT2D eigenvalue weighted by Crippen LogP contribution is 2.23. The Morgan fingerprint density at radius 3 is 2.17 bits per heavy atom. The average molecular weight is 250 g/mol. The predicted octanol–water partition coefficient (Wildman–Crippen LogP) is 3.05. The Bertz CT molecular complexity index is 378. The van der Waals surface area contributed by atoms with Gasteiger partial charge in [0.1, 0.15) is 17.5 Å². The minimum absolute atomic E-state index is 0.0344. The number of hydrogen-bond acceptors (Lipinski definition) is 4. The minimum atomic E-state index is -0.0344. The average Bonchev–Trinajstić information content (AvgIpc) is 2.29. The Hall–Kier alpha value is -1.32. The van der Waals surface area contributed by atoms with Crippen molar-refractivity contribution in [2.24, 2.45) is 0 Å². The molecule has 1 N–H and O–H groups in total. The second-order valence-corrected chi connectivity index (χ2v) is 5.39. The number of nitrogens with one attached hydrogen (secondary N) is 1. The summed E-state index contributed by atoms with van der Waals surface area (Å²) in [4.78, 5) is 11.5. The summed E-state index contributed by atoms with van der Waals surface area (Å²) >= 11 is 0. The topological polar surface area (TPSA) is 41.0 Å².